The Kier molecular flexibility index (Phi) is 5.38. The SMILES string of the molecule is CSCc1nc2ccccc2n1CC(=O)Nc1ccc2nc(SC)sc2c1. The summed E-state index contributed by atoms with van der Waals surface area (Å²) in [6.07, 6.45) is 4.05. The van der Waals surface area contributed by atoms with Crippen molar-refractivity contribution in [3.8, 4) is 0 Å². The van der Waals surface area contributed by atoms with Crippen LogP contribution in [0.15, 0.2) is 46.8 Å². The molecule has 0 fully saturated rings. The molecule has 4 rings (SSSR count). The molecule has 138 valence electrons. The van der Waals surface area contributed by atoms with Gasteiger partial charge in [0.1, 0.15) is 12.4 Å². The summed E-state index contributed by atoms with van der Waals surface area (Å²) in [5, 5.41) is 3.01. The Morgan fingerprint density at radius 2 is 2.00 bits per heavy atom. The minimum absolute atomic E-state index is 0.0607. The first-order valence-corrected chi connectivity index (χ1v) is 11.8. The Balaban J connectivity index is 1.57. The molecule has 5 nitrogen and oxygen atoms in total. The van der Waals surface area contributed by atoms with Gasteiger partial charge in [-0.15, -0.1) is 11.3 Å². The molecule has 8 heteroatoms. The first kappa shape index (κ1) is 18.3. The number of anilines is 1. The van der Waals surface area contributed by atoms with Crippen LogP contribution in [0.3, 0.4) is 0 Å². The number of aromatic nitrogens is 3. The van der Waals surface area contributed by atoms with Gasteiger partial charge in [-0.05, 0) is 42.8 Å². The van der Waals surface area contributed by atoms with E-state index in [1.807, 2.05) is 59.5 Å². The van der Waals surface area contributed by atoms with Crippen molar-refractivity contribution in [2.24, 2.45) is 0 Å². The minimum Gasteiger partial charge on any atom is -0.324 e. The first-order valence-electron chi connectivity index (χ1n) is 8.35. The molecule has 2 aromatic heterocycles. The summed E-state index contributed by atoms with van der Waals surface area (Å²) in [6.45, 7) is 0.243. The van der Waals surface area contributed by atoms with Gasteiger partial charge in [0.15, 0.2) is 4.34 Å². The first-order chi connectivity index (χ1) is 13.2. The molecule has 0 aliphatic heterocycles. The van der Waals surface area contributed by atoms with E-state index in [0.717, 1.165) is 42.9 Å². The van der Waals surface area contributed by atoms with Gasteiger partial charge in [-0.2, -0.15) is 11.8 Å². The number of imidazole rings is 1. The summed E-state index contributed by atoms with van der Waals surface area (Å²) in [4.78, 5) is 21.9. The van der Waals surface area contributed by atoms with Gasteiger partial charge in [0, 0.05) is 5.69 Å². The molecule has 2 aromatic carbocycles. The van der Waals surface area contributed by atoms with Crippen LogP contribution in [0.1, 0.15) is 5.82 Å². The second-order valence-electron chi connectivity index (χ2n) is 5.95. The topological polar surface area (TPSA) is 59.8 Å². The zero-order valence-electron chi connectivity index (χ0n) is 14.9. The molecule has 27 heavy (non-hydrogen) atoms. The van der Waals surface area contributed by atoms with Crippen molar-refractivity contribution in [1.82, 2.24) is 14.5 Å². The molecule has 0 saturated heterocycles. The standard InChI is InChI=1S/C19H18N4OS3/c1-25-11-17-21-13-5-3-4-6-15(13)23(17)10-18(24)20-12-7-8-14-16(9-12)27-19(22-14)26-2/h3-9H,10-11H2,1-2H3,(H,20,24). The zero-order valence-corrected chi connectivity index (χ0v) is 17.4. The number of rotatable bonds is 6. The van der Waals surface area contributed by atoms with Crippen LogP contribution in [0.4, 0.5) is 5.69 Å². The van der Waals surface area contributed by atoms with Crippen LogP contribution >= 0.6 is 34.9 Å². The number of amides is 1. The summed E-state index contributed by atoms with van der Waals surface area (Å²) in [5.74, 6) is 1.63. The largest absolute Gasteiger partial charge is 0.324 e. The van der Waals surface area contributed by atoms with Crippen LogP contribution in [-0.4, -0.2) is 33.0 Å². The third kappa shape index (κ3) is 3.83. The van der Waals surface area contributed by atoms with Crippen molar-refractivity contribution in [3.63, 3.8) is 0 Å². The van der Waals surface area contributed by atoms with E-state index in [1.54, 1.807) is 34.9 Å². The lowest BCUT2D eigenvalue weighted by Crippen LogP contribution is -2.20. The number of hydrogen-bond acceptors (Lipinski definition) is 6. The number of carbonyl (C=O) groups excluding carboxylic acids is 1. The van der Waals surface area contributed by atoms with Gasteiger partial charge in [0.25, 0.3) is 0 Å². The maximum absolute atomic E-state index is 12.7. The molecular weight excluding hydrogens is 396 g/mol. The summed E-state index contributed by atoms with van der Waals surface area (Å²) in [5.41, 5.74) is 3.66. The number of nitrogens with zero attached hydrogens (tertiary/aromatic N) is 3. The molecule has 0 bridgehead atoms. The third-order valence-corrected chi connectivity index (χ3v) is 6.69. The van der Waals surface area contributed by atoms with E-state index in [-0.39, 0.29) is 12.5 Å². The van der Waals surface area contributed by atoms with E-state index in [1.165, 1.54) is 0 Å². The van der Waals surface area contributed by atoms with E-state index in [0.29, 0.717) is 0 Å². The fourth-order valence-electron chi connectivity index (χ4n) is 2.95. The Hall–Kier alpha value is -2.03. The van der Waals surface area contributed by atoms with E-state index in [2.05, 4.69) is 15.3 Å². The highest BCUT2D eigenvalue weighted by Crippen LogP contribution is 2.30. The Morgan fingerprint density at radius 3 is 2.81 bits per heavy atom. The van der Waals surface area contributed by atoms with Crippen LogP contribution in [0.2, 0.25) is 0 Å². The number of carbonyl (C=O) groups is 1. The van der Waals surface area contributed by atoms with Gasteiger partial charge in [-0.1, -0.05) is 23.9 Å². The Labute approximate surface area is 169 Å². The average Bonchev–Trinajstić information content (AvgIpc) is 3.23. The van der Waals surface area contributed by atoms with Crippen molar-refractivity contribution < 1.29 is 4.79 Å². The second-order valence-corrected chi connectivity index (χ2v) is 8.90. The molecule has 4 aromatic rings. The lowest BCUT2D eigenvalue weighted by molar-refractivity contribution is -0.116. The zero-order chi connectivity index (χ0) is 18.8. The highest BCUT2D eigenvalue weighted by molar-refractivity contribution is 8.00. The highest BCUT2D eigenvalue weighted by Gasteiger charge is 2.14. The van der Waals surface area contributed by atoms with Crippen molar-refractivity contribution in [2.75, 3.05) is 17.8 Å². The van der Waals surface area contributed by atoms with Crippen molar-refractivity contribution in [1.29, 1.82) is 0 Å². The van der Waals surface area contributed by atoms with Crippen LogP contribution in [0.5, 0.6) is 0 Å². The molecule has 0 aliphatic rings. The van der Waals surface area contributed by atoms with Gasteiger partial charge in [-0.25, -0.2) is 9.97 Å². The smallest absolute Gasteiger partial charge is 0.244 e. The lowest BCUT2D eigenvalue weighted by atomic mass is 10.3. The normalized spacial score (nSPS) is 11.3. The number of para-hydroxylation sites is 2. The molecule has 1 N–H and O–H groups in total. The van der Waals surface area contributed by atoms with Gasteiger partial charge in [0.05, 0.1) is 27.0 Å². The minimum atomic E-state index is -0.0607. The van der Waals surface area contributed by atoms with Crippen LogP contribution in [-0.2, 0) is 17.1 Å². The molecule has 0 spiro atoms. The molecule has 0 atom stereocenters. The fourth-order valence-corrected chi connectivity index (χ4v) is 4.96. The molecule has 0 saturated carbocycles. The second kappa shape index (κ2) is 7.92. The molecule has 0 radical (unpaired) electrons. The molecule has 0 aliphatic carbocycles. The van der Waals surface area contributed by atoms with Crippen molar-refractivity contribution >= 4 is 67.7 Å². The van der Waals surface area contributed by atoms with Crippen molar-refractivity contribution in [3.05, 3.63) is 48.3 Å². The summed E-state index contributed by atoms with van der Waals surface area (Å²) < 4.78 is 4.10. The van der Waals surface area contributed by atoms with Gasteiger partial charge in [-0.3, -0.25) is 4.79 Å². The van der Waals surface area contributed by atoms with Gasteiger partial charge in [0.2, 0.25) is 5.91 Å². The lowest BCUT2D eigenvalue weighted by Gasteiger charge is -2.09. The number of benzene rings is 2. The number of hydrogen-bond donors (Lipinski definition) is 1. The number of nitrogens with one attached hydrogen (secondary N) is 1. The van der Waals surface area contributed by atoms with Gasteiger partial charge >= 0.3 is 0 Å². The number of thioether (sulfide) groups is 2. The summed E-state index contributed by atoms with van der Waals surface area (Å²) in [6, 6.07) is 13.8. The maximum atomic E-state index is 12.7. The van der Waals surface area contributed by atoms with Crippen LogP contribution < -0.4 is 5.32 Å². The molecule has 0 unspecified atom stereocenters. The van der Waals surface area contributed by atoms with E-state index in [9.17, 15) is 4.79 Å². The Morgan fingerprint density at radius 1 is 1.15 bits per heavy atom. The average molecular weight is 415 g/mol. The monoisotopic (exact) mass is 414 g/mol. The number of thiazole rings is 1. The Bertz CT molecular complexity index is 1120. The third-order valence-electron chi connectivity index (χ3n) is 4.14. The summed E-state index contributed by atoms with van der Waals surface area (Å²) in [7, 11) is 0. The van der Waals surface area contributed by atoms with E-state index < -0.39 is 0 Å². The van der Waals surface area contributed by atoms with E-state index in [4.69, 9.17) is 0 Å². The molecule has 1 amide bonds. The van der Waals surface area contributed by atoms with Gasteiger partial charge < -0.3 is 9.88 Å². The summed E-state index contributed by atoms with van der Waals surface area (Å²) >= 11 is 4.97. The highest BCUT2D eigenvalue weighted by atomic mass is 32.2. The predicted molar refractivity (Wildman–Crippen MR) is 117 cm³/mol. The van der Waals surface area contributed by atoms with E-state index >= 15 is 0 Å². The fraction of sp³-hybridized carbons (Fsp3) is 0.211. The molecular formula is C19H18N4OS3. The van der Waals surface area contributed by atoms with Crippen LogP contribution in [0.25, 0.3) is 21.3 Å². The quantitative estimate of drug-likeness (QED) is 0.456. The maximum Gasteiger partial charge on any atom is 0.244 e. The van der Waals surface area contributed by atoms with Crippen LogP contribution in [0, 0.1) is 0 Å². The number of fused-ring (bicyclic) bond motifs is 2. The van der Waals surface area contributed by atoms with Crippen molar-refractivity contribution in [2.45, 2.75) is 16.6 Å². The predicted octanol–water partition coefficient (Wildman–Crippen LogP) is 4.87. The molecule has 2 heterocycles.